The molecule has 1 heterocycles. The van der Waals surface area contributed by atoms with E-state index >= 15 is 0 Å². The van der Waals surface area contributed by atoms with Crippen molar-refractivity contribution in [3.8, 4) is 0 Å². The first-order valence-corrected chi connectivity index (χ1v) is 6.46. The van der Waals surface area contributed by atoms with Crippen LogP contribution in [0, 0.1) is 0 Å². The van der Waals surface area contributed by atoms with Crippen molar-refractivity contribution in [3.63, 3.8) is 0 Å². The highest BCUT2D eigenvalue weighted by Gasteiger charge is 2.06. The SMILES string of the molecule is COC(=O)c1cccc(Sc2ccc(CO)nc2)c1. The van der Waals surface area contributed by atoms with Crippen LogP contribution in [0.3, 0.4) is 0 Å². The monoisotopic (exact) mass is 275 g/mol. The smallest absolute Gasteiger partial charge is 0.337 e. The average Bonchev–Trinajstić information content (AvgIpc) is 2.47. The first-order chi connectivity index (χ1) is 9.22. The maximum atomic E-state index is 11.4. The summed E-state index contributed by atoms with van der Waals surface area (Å²) in [6.07, 6.45) is 1.70. The molecular formula is C14H13NO3S. The van der Waals surface area contributed by atoms with Crippen LogP contribution in [-0.4, -0.2) is 23.2 Å². The van der Waals surface area contributed by atoms with Crippen molar-refractivity contribution < 1.29 is 14.6 Å². The molecule has 0 atom stereocenters. The van der Waals surface area contributed by atoms with Crippen molar-refractivity contribution >= 4 is 17.7 Å². The van der Waals surface area contributed by atoms with Gasteiger partial charge in [-0.2, -0.15) is 0 Å². The third kappa shape index (κ3) is 3.56. The molecule has 1 aromatic heterocycles. The Balaban J connectivity index is 2.16. The van der Waals surface area contributed by atoms with Crippen LogP contribution in [0.2, 0.25) is 0 Å². The quantitative estimate of drug-likeness (QED) is 0.869. The zero-order valence-corrected chi connectivity index (χ0v) is 11.2. The van der Waals surface area contributed by atoms with Crippen molar-refractivity contribution in [1.82, 2.24) is 4.98 Å². The zero-order valence-electron chi connectivity index (χ0n) is 10.4. The lowest BCUT2D eigenvalue weighted by Gasteiger charge is -2.04. The number of aliphatic hydroxyl groups is 1. The molecule has 0 bridgehead atoms. The maximum absolute atomic E-state index is 11.4. The van der Waals surface area contributed by atoms with Gasteiger partial charge in [0.2, 0.25) is 0 Å². The van der Waals surface area contributed by atoms with Gasteiger partial charge in [-0.15, -0.1) is 0 Å². The molecule has 0 aliphatic heterocycles. The minimum absolute atomic E-state index is 0.0667. The van der Waals surface area contributed by atoms with Crippen LogP contribution in [0.4, 0.5) is 0 Å². The number of carbonyl (C=O) groups excluding carboxylic acids is 1. The first-order valence-electron chi connectivity index (χ1n) is 5.65. The van der Waals surface area contributed by atoms with E-state index in [-0.39, 0.29) is 12.6 Å². The largest absolute Gasteiger partial charge is 0.465 e. The van der Waals surface area contributed by atoms with Gasteiger partial charge in [0, 0.05) is 16.0 Å². The molecule has 0 unspecified atom stereocenters. The lowest BCUT2D eigenvalue weighted by molar-refractivity contribution is 0.0600. The highest BCUT2D eigenvalue weighted by molar-refractivity contribution is 7.99. The number of ether oxygens (including phenoxy) is 1. The summed E-state index contributed by atoms with van der Waals surface area (Å²) in [5, 5.41) is 8.92. The van der Waals surface area contributed by atoms with Gasteiger partial charge in [-0.3, -0.25) is 4.98 Å². The summed E-state index contributed by atoms with van der Waals surface area (Å²) < 4.78 is 4.68. The Morgan fingerprint density at radius 3 is 2.79 bits per heavy atom. The van der Waals surface area contributed by atoms with Gasteiger partial charge in [-0.1, -0.05) is 17.8 Å². The molecule has 0 spiro atoms. The van der Waals surface area contributed by atoms with E-state index in [1.54, 1.807) is 24.4 Å². The predicted octanol–water partition coefficient (Wildman–Crippen LogP) is 2.51. The zero-order chi connectivity index (χ0) is 13.7. The average molecular weight is 275 g/mol. The summed E-state index contributed by atoms with van der Waals surface area (Å²) in [7, 11) is 1.36. The molecule has 98 valence electrons. The standard InChI is InChI=1S/C14H13NO3S/c1-18-14(17)10-3-2-4-12(7-10)19-13-6-5-11(9-16)15-8-13/h2-8,16H,9H2,1H3. The molecule has 0 aliphatic rings. The van der Waals surface area contributed by atoms with Crippen LogP contribution in [-0.2, 0) is 11.3 Å². The third-order valence-electron chi connectivity index (χ3n) is 2.45. The van der Waals surface area contributed by atoms with Crippen LogP contribution in [0.5, 0.6) is 0 Å². The van der Waals surface area contributed by atoms with Crippen molar-refractivity contribution in [1.29, 1.82) is 0 Å². The second-order valence-corrected chi connectivity index (χ2v) is 4.91. The van der Waals surface area contributed by atoms with E-state index in [9.17, 15) is 4.79 Å². The van der Waals surface area contributed by atoms with Crippen molar-refractivity contribution in [2.45, 2.75) is 16.4 Å². The molecule has 1 aromatic carbocycles. The van der Waals surface area contributed by atoms with Gasteiger partial charge in [0.05, 0.1) is 25.0 Å². The Morgan fingerprint density at radius 2 is 2.16 bits per heavy atom. The number of aliphatic hydroxyl groups excluding tert-OH is 1. The molecule has 2 rings (SSSR count). The Hall–Kier alpha value is -1.85. The first kappa shape index (κ1) is 13.6. The summed E-state index contributed by atoms with van der Waals surface area (Å²) in [5.74, 6) is -0.351. The Morgan fingerprint density at radius 1 is 1.32 bits per heavy atom. The number of esters is 1. The van der Waals surface area contributed by atoms with Crippen molar-refractivity contribution in [2.24, 2.45) is 0 Å². The van der Waals surface area contributed by atoms with Crippen LogP contribution in [0.15, 0.2) is 52.4 Å². The lowest BCUT2D eigenvalue weighted by Crippen LogP contribution is -2.00. The molecular weight excluding hydrogens is 262 g/mol. The van der Waals surface area contributed by atoms with E-state index in [2.05, 4.69) is 9.72 Å². The fourth-order valence-electron chi connectivity index (χ4n) is 1.51. The van der Waals surface area contributed by atoms with Gasteiger partial charge < -0.3 is 9.84 Å². The number of pyridine rings is 1. The molecule has 0 radical (unpaired) electrons. The highest BCUT2D eigenvalue weighted by Crippen LogP contribution is 2.27. The van der Waals surface area contributed by atoms with Crippen LogP contribution in [0.25, 0.3) is 0 Å². The Kier molecular flexibility index (Phi) is 4.54. The number of carbonyl (C=O) groups is 1. The maximum Gasteiger partial charge on any atom is 0.337 e. The van der Waals surface area contributed by atoms with E-state index < -0.39 is 0 Å². The topological polar surface area (TPSA) is 59.4 Å². The minimum atomic E-state index is -0.351. The molecule has 0 saturated heterocycles. The van der Waals surface area contributed by atoms with E-state index in [1.807, 2.05) is 18.2 Å². The van der Waals surface area contributed by atoms with E-state index in [1.165, 1.54) is 18.9 Å². The summed E-state index contributed by atoms with van der Waals surface area (Å²) in [5.41, 5.74) is 1.15. The van der Waals surface area contributed by atoms with Crippen LogP contribution >= 0.6 is 11.8 Å². The van der Waals surface area contributed by atoms with Crippen molar-refractivity contribution in [2.75, 3.05) is 7.11 Å². The van der Waals surface area contributed by atoms with Gasteiger partial charge in [0.25, 0.3) is 0 Å². The molecule has 1 N–H and O–H groups in total. The molecule has 0 fully saturated rings. The number of methoxy groups -OCH3 is 1. The molecule has 0 aliphatic carbocycles. The number of aromatic nitrogens is 1. The summed E-state index contributed by atoms with van der Waals surface area (Å²) >= 11 is 1.50. The molecule has 0 saturated carbocycles. The summed E-state index contributed by atoms with van der Waals surface area (Å²) in [6.45, 7) is -0.0667. The molecule has 19 heavy (non-hydrogen) atoms. The fraction of sp³-hybridized carbons (Fsp3) is 0.143. The van der Waals surface area contributed by atoms with Gasteiger partial charge in [-0.25, -0.2) is 4.79 Å². The van der Waals surface area contributed by atoms with Crippen LogP contribution in [0.1, 0.15) is 16.1 Å². The fourth-order valence-corrected chi connectivity index (χ4v) is 2.35. The second-order valence-electron chi connectivity index (χ2n) is 3.76. The predicted molar refractivity (Wildman–Crippen MR) is 72.1 cm³/mol. The molecule has 4 nitrogen and oxygen atoms in total. The normalized spacial score (nSPS) is 10.2. The lowest BCUT2D eigenvalue weighted by atomic mass is 10.2. The molecule has 2 aromatic rings. The summed E-state index contributed by atoms with van der Waals surface area (Å²) in [4.78, 5) is 17.4. The number of benzene rings is 1. The number of nitrogens with zero attached hydrogens (tertiary/aromatic N) is 1. The summed E-state index contributed by atoms with van der Waals surface area (Å²) in [6, 6.07) is 10.9. The van der Waals surface area contributed by atoms with E-state index in [0.717, 1.165) is 9.79 Å². The van der Waals surface area contributed by atoms with E-state index in [0.29, 0.717) is 11.3 Å². The molecule has 0 amide bonds. The van der Waals surface area contributed by atoms with Gasteiger partial charge >= 0.3 is 5.97 Å². The van der Waals surface area contributed by atoms with Gasteiger partial charge in [0.1, 0.15) is 0 Å². The number of hydrogen-bond acceptors (Lipinski definition) is 5. The Bertz CT molecular complexity index is 569. The number of rotatable bonds is 4. The minimum Gasteiger partial charge on any atom is -0.465 e. The van der Waals surface area contributed by atoms with Gasteiger partial charge in [0.15, 0.2) is 0 Å². The second kappa shape index (κ2) is 6.36. The van der Waals surface area contributed by atoms with Gasteiger partial charge in [-0.05, 0) is 30.3 Å². The van der Waals surface area contributed by atoms with Crippen LogP contribution < -0.4 is 0 Å². The highest BCUT2D eigenvalue weighted by atomic mass is 32.2. The Labute approximate surface area is 115 Å². The third-order valence-corrected chi connectivity index (χ3v) is 3.42. The van der Waals surface area contributed by atoms with Crippen molar-refractivity contribution in [3.05, 3.63) is 53.9 Å². The number of hydrogen-bond donors (Lipinski definition) is 1. The van der Waals surface area contributed by atoms with E-state index in [4.69, 9.17) is 5.11 Å². The molecule has 5 heteroatoms.